The molecule has 0 radical (unpaired) electrons. The number of anilines is 1. The average Bonchev–Trinajstić information content (AvgIpc) is 2.79. The van der Waals surface area contributed by atoms with E-state index in [1.54, 1.807) is 30.3 Å². The molecule has 162 valence electrons. The molecule has 3 aromatic carbocycles. The van der Waals surface area contributed by atoms with Crippen molar-refractivity contribution in [2.24, 2.45) is 0 Å². The summed E-state index contributed by atoms with van der Waals surface area (Å²) in [7, 11) is -0.635. The predicted molar refractivity (Wildman–Crippen MR) is 119 cm³/mol. The quantitative estimate of drug-likeness (QED) is 0.531. The molecule has 0 atom stereocenters. The molecule has 31 heavy (non-hydrogen) atoms. The Bertz CT molecular complexity index is 1110. The van der Waals surface area contributed by atoms with Gasteiger partial charge in [0.1, 0.15) is 11.5 Å². The lowest BCUT2D eigenvalue weighted by molar-refractivity contribution is 0.102. The first-order chi connectivity index (χ1) is 14.9. The zero-order chi connectivity index (χ0) is 22.3. The maximum Gasteiger partial charge on any atom is 0.255 e. The highest BCUT2D eigenvalue weighted by Crippen LogP contribution is 2.23. The van der Waals surface area contributed by atoms with Crippen LogP contribution in [0.2, 0.25) is 0 Å². The molecule has 0 bridgehead atoms. The fourth-order valence-corrected chi connectivity index (χ4v) is 3.95. The van der Waals surface area contributed by atoms with Crippen LogP contribution in [-0.4, -0.2) is 35.1 Å². The molecule has 0 aliphatic heterocycles. The van der Waals surface area contributed by atoms with Gasteiger partial charge >= 0.3 is 0 Å². The maximum atomic E-state index is 12.6. The van der Waals surface area contributed by atoms with Crippen molar-refractivity contribution >= 4 is 21.6 Å². The maximum absolute atomic E-state index is 12.6. The number of benzene rings is 3. The minimum Gasteiger partial charge on any atom is -0.497 e. The Labute approximate surface area is 182 Å². The SMILES string of the molecule is COc1cc(OC)cc(C(=O)Nc2ccc(S(=O)(=O)NCCc3ccccc3)cc2)c1. The van der Waals surface area contributed by atoms with Crippen LogP contribution >= 0.6 is 0 Å². The average molecular weight is 441 g/mol. The van der Waals surface area contributed by atoms with Crippen molar-refractivity contribution in [3.05, 3.63) is 83.9 Å². The number of nitrogens with one attached hydrogen (secondary N) is 2. The summed E-state index contributed by atoms with van der Waals surface area (Å²) in [6.45, 7) is 0.294. The second-order valence-electron chi connectivity index (χ2n) is 6.71. The van der Waals surface area contributed by atoms with Crippen molar-refractivity contribution < 1.29 is 22.7 Å². The second-order valence-corrected chi connectivity index (χ2v) is 8.48. The molecule has 7 nitrogen and oxygen atoms in total. The Balaban J connectivity index is 1.63. The van der Waals surface area contributed by atoms with Gasteiger partial charge in [-0.15, -0.1) is 0 Å². The van der Waals surface area contributed by atoms with Gasteiger partial charge in [0.2, 0.25) is 10.0 Å². The molecule has 0 fully saturated rings. The third kappa shape index (κ3) is 6.07. The smallest absolute Gasteiger partial charge is 0.255 e. The summed E-state index contributed by atoms with van der Waals surface area (Å²) in [6, 6.07) is 20.5. The van der Waals surface area contributed by atoms with E-state index in [2.05, 4.69) is 10.0 Å². The third-order valence-corrected chi connectivity index (χ3v) is 6.06. The van der Waals surface area contributed by atoms with Gasteiger partial charge in [0, 0.05) is 23.9 Å². The van der Waals surface area contributed by atoms with E-state index in [1.165, 1.54) is 26.4 Å². The summed E-state index contributed by atoms with van der Waals surface area (Å²) >= 11 is 0. The van der Waals surface area contributed by atoms with Crippen molar-refractivity contribution in [1.29, 1.82) is 0 Å². The zero-order valence-electron chi connectivity index (χ0n) is 17.3. The van der Waals surface area contributed by atoms with Crippen LogP contribution in [0.1, 0.15) is 15.9 Å². The van der Waals surface area contributed by atoms with E-state index < -0.39 is 10.0 Å². The molecule has 0 aliphatic rings. The van der Waals surface area contributed by atoms with E-state index in [4.69, 9.17) is 9.47 Å². The number of amides is 1. The van der Waals surface area contributed by atoms with Crippen molar-refractivity contribution in [3.63, 3.8) is 0 Å². The molecule has 0 unspecified atom stereocenters. The molecule has 0 saturated carbocycles. The fourth-order valence-electron chi connectivity index (χ4n) is 2.92. The number of methoxy groups -OCH3 is 2. The summed E-state index contributed by atoms with van der Waals surface area (Å²) < 4.78 is 37.9. The van der Waals surface area contributed by atoms with Crippen LogP contribution in [-0.2, 0) is 16.4 Å². The number of hydrogen-bond acceptors (Lipinski definition) is 5. The van der Waals surface area contributed by atoms with Crippen LogP contribution in [0, 0.1) is 0 Å². The Morgan fingerprint density at radius 3 is 2.06 bits per heavy atom. The first kappa shape index (κ1) is 22.3. The van der Waals surface area contributed by atoms with Gasteiger partial charge in [0.05, 0.1) is 19.1 Å². The number of rotatable bonds is 9. The fraction of sp³-hybridized carbons (Fsp3) is 0.174. The molecule has 0 saturated heterocycles. The van der Waals surface area contributed by atoms with Gasteiger partial charge in [-0.05, 0) is 48.4 Å². The molecule has 0 aliphatic carbocycles. The van der Waals surface area contributed by atoms with Crippen molar-refractivity contribution in [1.82, 2.24) is 4.72 Å². The van der Waals surface area contributed by atoms with Gasteiger partial charge in [-0.2, -0.15) is 0 Å². The zero-order valence-corrected chi connectivity index (χ0v) is 18.1. The largest absolute Gasteiger partial charge is 0.497 e. The molecular weight excluding hydrogens is 416 g/mol. The van der Waals surface area contributed by atoms with Crippen LogP contribution in [0.4, 0.5) is 5.69 Å². The lowest BCUT2D eigenvalue weighted by atomic mass is 10.2. The van der Waals surface area contributed by atoms with Crippen LogP contribution in [0.25, 0.3) is 0 Å². The van der Waals surface area contributed by atoms with Gasteiger partial charge < -0.3 is 14.8 Å². The molecule has 1 amide bonds. The Morgan fingerprint density at radius 1 is 0.871 bits per heavy atom. The summed E-state index contributed by atoms with van der Waals surface area (Å²) in [4.78, 5) is 12.7. The second kappa shape index (κ2) is 10.1. The lowest BCUT2D eigenvalue weighted by Crippen LogP contribution is -2.26. The van der Waals surface area contributed by atoms with E-state index in [-0.39, 0.29) is 10.8 Å². The van der Waals surface area contributed by atoms with Crippen LogP contribution in [0.3, 0.4) is 0 Å². The van der Waals surface area contributed by atoms with Crippen LogP contribution in [0.15, 0.2) is 77.7 Å². The van der Waals surface area contributed by atoms with Gasteiger partial charge in [-0.25, -0.2) is 13.1 Å². The highest BCUT2D eigenvalue weighted by Gasteiger charge is 2.14. The summed E-state index contributed by atoms with van der Waals surface area (Å²) in [6.07, 6.45) is 0.595. The Hall–Kier alpha value is -3.36. The van der Waals surface area contributed by atoms with Crippen molar-refractivity contribution in [2.75, 3.05) is 26.1 Å². The molecule has 0 spiro atoms. The standard InChI is InChI=1S/C23H24N2O5S/c1-29-20-14-18(15-21(16-20)30-2)23(26)25-19-8-10-22(11-9-19)31(27,28)24-13-12-17-6-4-3-5-7-17/h3-11,14-16,24H,12-13H2,1-2H3,(H,25,26). The molecule has 8 heteroatoms. The minimum absolute atomic E-state index is 0.126. The highest BCUT2D eigenvalue weighted by atomic mass is 32.2. The first-order valence-corrected chi connectivity index (χ1v) is 11.1. The van der Waals surface area contributed by atoms with E-state index >= 15 is 0 Å². The number of carbonyl (C=O) groups excluding carboxylic acids is 1. The number of hydrogen-bond donors (Lipinski definition) is 2. The molecule has 2 N–H and O–H groups in total. The highest BCUT2D eigenvalue weighted by molar-refractivity contribution is 7.89. The third-order valence-electron chi connectivity index (χ3n) is 4.58. The van der Waals surface area contributed by atoms with Gasteiger partial charge in [-0.1, -0.05) is 30.3 Å². The summed E-state index contributed by atoms with van der Waals surface area (Å²) in [5, 5.41) is 2.74. The molecule has 3 aromatic rings. The number of ether oxygens (including phenoxy) is 2. The Morgan fingerprint density at radius 2 is 1.48 bits per heavy atom. The normalized spacial score (nSPS) is 11.0. The number of sulfonamides is 1. The van der Waals surface area contributed by atoms with Gasteiger partial charge in [-0.3, -0.25) is 4.79 Å². The van der Waals surface area contributed by atoms with E-state index in [0.717, 1.165) is 5.56 Å². The van der Waals surface area contributed by atoms with Gasteiger partial charge in [0.25, 0.3) is 5.91 Å². The number of carbonyl (C=O) groups is 1. The molecule has 0 aromatic heterocycles. The first-order valence-electron chi connectivity index (χ1n) is 9.59. The van der Waals surface area contributed by atoms with Crippen LogP contribution < -0.4 is 19.5 Å². The Kier molecular flexibility index (Phi) is 7.28. The van der Waals surface area contributed by atoms with Crippen molar-refractivity contribution in [3.8, 4) is 11.5 Å². The predicted octanol–water partition coefficient (Wildman–Crippen LogP) is 3.48. The molecule has 3 rings (SSSR count). The van der Waals surface area contributed by atoms with E-state index in [0.29, 0.717) is 35.7 Å². The van der Waals surface area contributed by atoms with Gasteiger partial charge in [0.15, 0.2) is 0 Å². The van der Waals surface area contributed by atoms with E-state index in [1.807, 2.05) is 30.3 Å². The minimum atomic E-state index is -3.64. The lowest BCUT2D eigenvalue weighted by Gasteiger charge is -2.10. The van der Waals surface area contributed by atoms with Crippen molar-refractivity contribution in [2.45, 2.75) is 11.3 Å². The molecular formula is C23H24N2O5S. The topological polar surface area (TPSA) is 93.7 Å². The monoisotopic (exact) mass is 440 g/mol. The van der Waals surface area contributed by atoms with Crippen LogP contribution in [0.5, 0.6) is 11.5 Å². The molecule has 0 heterocycles. The van der Waals surface area contributed by atoms with E-state index in [9.17, 15) is 13.2 Å². The summed E-state index contributed by atoms with van der Waals surface area (Å²) in [5.74, 6) is 0.619. The summed E-state index contributed by atoms with van der Waals surface area (Å²) in [5.41, 5.74) is 1.88.